The molecule has 0 unspecified atom stereocenters. The van der Waals surface area contributed by atoms with Crippen LogP contribution in [0.15, 0.2) is 24.5 Å². The summed E-state index contributed by atoms with van der Waals surface area (Å²) < 4.78 is 5.46. The Bertz CT molecular complexity index is 497. The van der Waals surface area contributed by atoms with Crippen molar-refractivity contribution >= 4 is 6.03 Å². The number of hydrogen-bond donors (Lipinski definition) is 1. The number of carbonyl (C=O) groups excluding carboxylic acids is 1. The van der Waals surface area contributed by atoms with Crippen LogP contribution in [0.2, 0.25) is 0 Å². The lowest BCUT2D eigenvalue weighted by molar-refractivity contribution is -0.0178. The Balaban J connectivity index is 1.84. The normalized spacial score (nSPS) is 21.5. The van der Waals surface area contributed by atoms with Gasteiger partial charge in [0.25, 0.3) is 0 Å². The van der Waals surface area contributed by atoms with Crippen LogP contribution in [0.5, 0.6) is 0 Å². The number of morpholine rings is 1. The highest BCUT2D eigenvalue weighted by atomic mass is 16.5. The van der Waals surface area contributed by atoms with Gasteiger partial charge in [-0.15, -0.1) is 0 Å². The summed E-state index contributed by atoms with van der Waals surface area (Å²) in [6, 6.07) is 4.52. The predicted molar refractivity (Wildman–Crippen MR) is 90.3 cm³/mol. The quantitative estimate of drug-likeness (QED) is 0.900. The van der Waals surface area contributed by atoms with Gasteiger partial charge in [0.05, 0.1) is 19.3 Å². The highest BCUT2D eigenvalue weighted by Crippen LogP contribution is 2.17. The molecule has 2 heterocycles. The zero-order chi connectivity index (χ0) is 16.8. The summed E-state index contributed by atoms with van der Waals surface area (Å²) >= 11 is 0. The van der Waals surface area contributed by atoms with Gasteiger partial charge in [-0.1, -0.05) is 0 Å². The van der Waals surface area contributed by atoms with Gasteiger partial charge >= 0.3 is 6.03 Å². The molecule has 2 rings (SSSR count). The molecular formula is C17H28N4O2. The monoisotopic (exact) mass is 320 g/mol. The maximum atomic E-state index is 12.4. The molecule has 128 valence electrons. The van der Waals surface area contributed by atoms with Crippen molar-refractivity contribution < 1.29 is 9.53 Å². The van der Waals surface area contributed by atoms with Crippen LogP contribution < -0.4 is 5.32 Å². The van der Waals surface area contributed by atoms with Gasteiger partial charge < -0.3 is 15.0 Å². The van der Waals surface area contributed by atoms with Crippen LogP contribution in [0.25, 0.3) is 0 Å². The molecule has 1 aliphatic heterocycles. The number of aromatic nitrogens is 1. The number of amides is 2. The molecule has 0 bridgehead atoms. The number of ether oxygens (including phenoxy) is 1. The second-order valence-corrected chi connectivity index (χ2v) is 6.26. The summed E-state index contributed by atoms with van der Waals surface area (Å²) in [5.74, 6) is 0. The molecular weight excluding hydrogens is 292 g/mol. The SMILES string of the molecule is C[C@H](c1ccncc1)N(C)C(=O)NC[C@H](C)N1CCOC[C@@H]1C. The fourth-order valence-electron chi connectivity index (χ4n) is 2.91. The van der Waals surface area contributed by atoms with E-state index in [0.29, 0.717) is 18.6 Å². The van der Waals surface area contributed by atoms with E-state index in [9.17, 15) is 4.79 Å². The van der Waals surface area contributed by atoms with E-state index < -0.39 is 0 Å². The van der Waals surface area contributed by atoms with Gasteiger partial charge in [-0.25, -0.2) is 4.79 Å². The molecule has 0 aliphatic carbocycles. The van der Waals surface area contributed by atoms with E-state index in [1.807, 2.05) is 26.1 Å². The molecule has 1 aromatic heterocycles. The molecule has 0 spiro atoms. The van der Waals surface area contributed by atoms with Crippen LogP contribution in [0.1, 0.15) is 32.4 Å². The molecule has 1 N–H and O–H groups in total. The van der Waals surface area contributed by atoms with Crippen molar-refractivity contribution in [3.05, 3.63) is 30.1 Å². The molecule has 1 aliphatic rings. The average molecular weight is 320 g/mol. The first-order valence-electron chi connectivity index (χ1n) is 8.24. The molecule has 23 heavy (non-hydrogen) atoms. The topological polar surface area (TPSA) is 57.7 Å². The summed E-state index contributed by atoms with van der Waals surface area (Å²) in [7, 11) is 1.82. The molecule has 0 saturated carbocycles. The smallest absolute Gasteiger partial charge is 0.317 e. The fourth-order valence-corrected chi connectivity index (χ4v) is 2.91. The third-order valence-corrected chi connectivity index (χ3v) is 4.62. The van der Waals surface area contributed by atoms with Crippen LogP contribution in [-0.4, -0.2) is 66.2 Å². The molecule has 1 saturated heterocycles. The molecule has 2 amide bonds. The van der Waals surface area contributed by atoms with E-state index in [2.05, 4.69) is 29.0 Å². The van der Waals surface area contributed by atoms with Gasteiger partial charge in [0.15, 0.2) is 0 Å². The van der Waals surface area contributed by atoms with Crippen molar-refractivity contribution in [3.63, 3.8) is 0 Å². The maximum Gasteiger partial charge on any atom is 0.317 e. The van der Waals surface area contributed by atoms with Crippen molar-refractivity contribution in [2.24, 2.45) is 0 Å². The van der Waals surface area contributed by atoms with Gasteiger partial charge in [-0.05, 0) is 38.5 Å². The average Bonchev–Trinajstić information content (AvgIpc) is 2.59. The van der Waals surface area contributed by atoms with Gasteiger partial charge in [0.2, 0.25) is 0 Å². The Morgan fingerprint density at radius 3 is 2.83 bits per heavy atom. The van der Waals surface area contributed by atoms with Crippen LogP contribution in [-0.2, 0) is 4.74 Å². The fraction of sp³-hybridized carbons (Fsp3) is 0.647. The molecule has 1 aromatic rings. The highest BCUT2D eigenvalue weighted by molar-refractivity contribution is 5.74. The van der Waals surface area contributed by atoms with Crippen molar-refractivity contribution in [2.45, 2.75) is 38.9 Å². The number of hydrogen-bond acceptors (Lipinski definition) is 4. The van der Waals surface area contributed by atoms with Crippen molar-refractivity contribution in [1.82, 2.24) is 20.1 Å². The summed E-state index contributed by atoms with van der Waals surface area (Å²) in [4.78, 5) is 20.5. The third-order valence-electron chi connectivity index (χ3n) is 4.62. The Hall–Kier alpha value is -1.66. The summed E-state index contributed by atoms with van der Waals surface area (Å²) in [6.45, 7) is 9.41. The Kier molecular flexibility index (Phi) is 6.36. The van der Waals surface area contributed by atoms with E-state index in [0.717, 1.165) is 25.3 Å². The van der Waals surface area contributed by atoms with Crippen LogP contribution in [0.4, 0.5) is 4.79 Å². The van der Waals surface area contributed by atoms with E-state index >= 15 is 0 Å². The van der Waals surface area contributed by atoms with Crippen LogP contribution in [0.3, 0.4) is 0 Å². The Morgan fingerprint density at radius 2 is 2.17 bits per heavy atom. The summed E-state index contributed by atoms with van der Waals surface area (Å²) in [6.07, 6.45) is 3.50. The van der Waals surface area contributed by atoms with Gasteiger partial charge in [0.1, 0.15) is 0 Å². The first-order chi connectivity index (χ1) is 11.0. The Morgan fingerprint density at radius 1 is 1.48 bits per heavy atom. The largest absolute Gasteiger partial charge is 0.379 e. The maximum absolute atomic E-state index is 12.4. The lowest BCUT2D eigenvalue weighted by Crippen LogP contribution is -2.53. The van der Waals surface area contributed by atoms with E-state index in [4.69, 9.17) is 4.74 Å². The Labute approximate surface area is 138 Å². The standard InChI is InChI=1S/C17H28N4O2/c1-13(21-9-10-23-12-14(21)2)11-19-17(22)20(4)15(3)16-5-7-18-8-6-16/h5-8,13-15H,9-12H2,1-4H3,(H,19,22)/t13-,14-,15+/m0/s1. The summed E-state index contributed by atoms with van der Waals surface area (Å²) in [5, 5.41) is 3.04. The van der Waals surface area contributed by atoms with Gasteiger partial charge in [-0.2, -0.15) is 0 Å². The minimum absolute atomic E-state index is 0.00983. The molecule has 6 nitrogen and oxygen atoms in total. The zero-order valence-corrected chi connectivity index (χ0v) is 14.5. The lowest BCUT2D eigenvalue weighted by atomic mass is 10.1. The minimum atomic E-state index is -0.0536. The molecule has 6 heteroatoms. The van der Waals surface area contributed by atoms with E-state index in [-0.39, 0.29) is 12.1 Å². The molecule has 3 atom stereocenters. The second kappa shape index (κ2) is 8.26. The number of rotatable bonds is 5. The predicted octanol–water partition coefficient (Wildman–Crippen LogP) is 1.89. The van der Waals surface area contributed by atoms with Crippen LogP contribution in [0, 0.1) is 0 Å². The molecule has 0 aromatic carbocycles. The second-order valence-electron chi connectivity index (χ2n) is 6.26. The molecule has 0 radical (unpaired) electrons. The minimum Gasteiger partial charge on any atom is -0.379 e. The lowest BCUT2D eigenvalue weighted by Gasteiger charge is -2.38. The van der Waals surface area contributed by atoms with Gasteiger partial charge in [0, 0.05) is 44.6 Å². The van der Waals surface area contributed by atoms with Crippen LogP contribution >= 0.6 is 0 Å². The number of pyridine rings is 1. The number of urea groups is 1. The van der Waals surface area contributed by atoms with Crippen molar-refractivity contribution in [1.29, 1.82) is 0 Å². The first-order valence-corrected chi connectivity index (χ1v) is 8.24. The number of nitrogens with one attached hydrogen (secondary N) is 1. The molecule has 1 fully saturated rings. The number of nitrogens with zero attached hydrogens (tertiary/aromatic N) is 3. The van der Waals surface area contributed by atoms with Crippen molar-refractivity contribution in [2.75, 3.05) is 33.4 Å². The van der Waals surface area contributed by atoms with E-state index in [1.54, 1.807) is 17.3 Å². The summed E-state index contributed by atoms with van der Waals surface area (Å²) in [5.41, 5.74) is 1.08. The van der Waals surface area contributed by atoms with Crippen molar-refractivity contribution in [3.8, 4) is 0 Å². The third kappa shape index (κ3) is 4.65. The number of carbonyl (C=O) groups is 1. The highest BCUT2D eigenvalue weighted by Gasteiger charge is 2.24. The van der Waals surface area contributed by atoms with E-state index in [1.165, 1.54) is 0 Å². The van der Waals surface area contributed by atoms with Gasteiger partial charge in [-0.3, -0.25) is 9.88 Å². The first kappa shape index (κ1) is 17.7. The zero-order valence-electron chi connectivity index (χ0n) is 14.5.